The first-order valence-electron chi connectivity index (χ1n) is 5.30. The van der Waals surface area contributed by atoms with Crippen LogP contribution in [0.1, 0.15) is 20.3 Å². The number of hydrogen-bond donors (Lipinski definition) is 1. The summed E-state index contributed by atoms with van der Waals surface area (Å²) in [5, 5.41) is 2.73. The predicted molar refractivity (Wildman–Crippen MR) is 66.1 cm³/mol. The molecule has 0 bridgehead atoms. The van der Waals surface area contributed by atoms with E-state index in [0.717, 1.165) is 12.0 Å². The van der Waals surface area contributed by atoms with Crippen LogP contribution < -0.4 is 5.32 Å². The fraction of sp³-hybridized carbons (Fsp3) is 0.231. The predicted octanol–water partition coefficient (Wildman–Crippen LogP) is 2.93. The molecule has 0 saturated heterocycles. The molecule has 0 unspecified atom stereocenters. The minimum absolute atomic E-state index is 0.138. The van der Waals surface area contributed by atoms with Gasteiger partial charge in [0.2, 0.25) is 5.91 Å². The molecule has 0 atom stereocenters. The van der Waals surface area contributed by atoms with Gasteiger partial charge >= 0.3 is 0 Å². The highest BCUT2D eigenvalue weighted by molar-refractivity contribution is 5.99. The Balaban J connectivity index is 2.55. The van der Waals surface area contributed by atoms with Gasteiger partial charge < -0.3 is 5.32 Å². The second-order valence-electron chi connectivity index (χ2n) is 3.28. The van der Waals surface area contributed by atoms with E-state index in [1.54, 1.807) is 24.5 Å². The molecule has 0 aliphatic rings. The van der Waals surface area contributed by atoms with Crippen molar-refractivity contribution in [1.29, 1.82) is 0 Å². The zero-order chi connectivity index (χ0) is 11.8. The van der Waals surface area contributed by atoms with E-state index >= 15 is 0 Å². The molecule has 1 rings (SSSR count). The molecule has 0 spiro atoms. The molecule has 0 fully saturated rings. The number of anilines is 1. The van der Waals surface area contributed by atoms with Crippen molar-refractivity contribution in [2.45, 2.75) is 20.3 Å². The van der Waals surface area contributed by atoms with Crippen molar-refractivity contribution in [3.05, 3.63) is 48.3 Å². The highest BCUT2D eigenvalue weighted by atomic mass is 16.1. The summed E-state index contributed by atoms with van der Waals surface area (Å²) >= 11 is 0. The van der Waals surface area contributed by atoms with E-state index in [1.807, 2.05) is 19.1 Å². The number of aromatic nitrogens is 1. The average molecular weight is 216 g/mol. The van der Waals surface area contributed by atoms with Crippen molar-refractivity contribution >= 4 is 11.6 Å². The van der Waals surface area contributed by atoms with Crippen LogP contribution in [0.3, 0.4) is 0 Å². The quantitative estimate of drug-likeness (QED) is 0.621. The van der Waals surface area contributed by atoms with E-state index in [2.05, 4.69) is 17.2 Å². The average Bonchev–Trinajstić information content (AvgIpc) is 2.31. The molecule has 3 heteroatoms. The topological polar surface area (TPSA) is 42.0 Å². The lowest BCUT2D eigenvalue weighted by molar-refractivity contribution is -0.111. The van der Waals surface area contributed by atoms with Crippen LogP contribution in [0.2, 0.25) is 0 Å². The molecule has 0 aromatic carbocycles. The Morgan fingerprint density at radius 1 is 1.50 bits per heavy atom. The first-order valence-corrected chi connectivity index (χ1v) is 5.30. The Kier molecular flexibility index (Phi) is 4.99. The van der Waals surface area contributed by atoms with Gasteiger partial charge in [-0.15, -0.1) is 0 Å². The number of nitrogens with zero attached hydrogens (tertiary/aromatic N) is 1. The minimum atomic E-state index is -0.138. The van der Waals surface area contributed by atoms with Gasteiger partial charge in [-0.25, -0.2) is 0 Å². The van der Waals surface area contributed by atoms with Gasteiger partial charge in [0, 0.05) is 12.3 Å². The Hall–Kier alpha value is -1.90. The summed E-state index contributed by atoms with van der Waals surface area (Å²) in [6.45, 7) is 4.01. The Morgan fingerprint density at radius 3 is 2.88 bits per heavy atom. The summed E-state index contributed by atoms with van der Waals surface area (Å²) in [6, 6.07) is 3.58. The third kappa shape index (κ3) is 4.09. The highest BCUT2D eigenvalue weighted by Gasteiger charge is 1.96. The van der Waals surface area contributed by atoms with E-state index in [1.165, 1.54) is 6.08 Å². The molecular formula is C13H16N2O. The maximum Gasteiger partial charge on any atom is 0.248 e. The first kappa shape index (κ1) is 12.2. The molecule has 1 N–H and O–H groups in total. The second kappa shape index (κ2) is 6.56. The lowest BCUT2D eigenvalue weighted by Crippen LogP contribution is -2.07. The monoisotopic (exact) mass is 216 g/mol. The number of allylic oxidation sites excluding steroid dienone is 3. The zero-order valence-corrected chi connectivity index (χ0v) is 9.60. The molecular weight excluding hydrogens is 200 g/mol. The SMILES string of the molecule is C/C=C(\C=C\C(=O)Nc1cccnc1)CC. The van der Waals surface area contributed by atoms with Gasteiger partial charge in [-0.05, 0) is 25.5 Å². The number of carbonyl (C=O) groups excluding carboxylic acids is 1. The lowest BCUT2D eigenvalue weighted by Gasteiger charge is -2.00. The maximum atomic E-state index is 11.5. The molecule has 1 aromatic heterocycles. The van der Waals surface area contributed by atoms with Crippen LogP contribution in [0.5, 0.6) is 0 Å². The summed E-state index contributed by atoms with van der Waals surface area (Å²) in [5.74, 6) is -0.138. The van der Waals surface area contributed by atoms with Crippen molar-refractivity contribution in [2.75, 3.05) is 5.32 Å². The molecule has 16 heavy (non-hydrogen) atoms. The number of pyridine rings is 1. The van der Waals surface area contributed by atoms with Crippen molar-refractivity contribution in [3.63, 3.8) is 0 Å². The van der Waals surface area contributed by atoms with Gasteiger partial charge in [0.15, 0.2) is 0 Å². The largest absolute Gasteiger partial charge is 0.321 e. The van der Waals surface area contributed by atoms with Crippen molar-refractivity contribution in [2.24, 2.45) is 0 Å². The molecule has 84 valence electrons. The van der Waals surface area contributed by atoms with Crippen LogP contribution in [0.25, 0.3) is 0 Å². The maximum absolute atomic E-state index is 11.5. The summed E-state index contributed by atoms with van der Waals surface area (Å²) in [4.78, 5) is 15.4. The van der Waals surface area contributed by atoms with Crippen LogP contribution in [0, 0.1) is 0 Å². The molecule has 3 nitrogen and oxygen atoms in total. The molecule has 0 saturated carbocycles. The van der Waals surface area contributed by atoms with Crippen LogP contribution in [0.4, 0.5) is 5.69 Å². The van der Waals surface area contributed by atoms with E-state index in [4.69, 9.17) is 0 Å². The second-order valence-corrected chi connectivity index (χ2v) is 3.28. The number of amides is 1. The van der Waals surface area contributed by atoms with E-state index < -0.39 is 0 Å². The summed E-state index contributed by atoms with van der Waals surface area (Å²) in [7, 11) is 0. The molecule has 0 aliphatic carbocycles. The Bertz CT molecular complexity index is 394. The van der Waals surface area contributed by atoms with Gasteiger partial charge in [0.1, 0.15) is 0 Å². The van der Waals surface area contributed by atoms with Crippen molar-refractivity contribution < 1.29 is 4.79 Å². The van der Waals surface area contributed by atoms with Crippen LogP contribution >= 0.6 is 0 Å². The van der Waals surface area contributed by atoms with Gasteiger partial charge in [0.05, 0.1) is 11.9 Å². The third-order valence-electron chi connectivity index (χ3n) is 2.16. The van der Waals surface area contributed by atoms with E-state index in [-0.39, 0.29) is 5.91 Å². The summed E-state index contributed by atoms with van der Waals surface area (Å²) in [5.41, 5.74) is 1.84. The standard InChI is InChI=1S/C13H16N2O/c1-3-11(4-2)7-8-13(16)15-12-6-5-9-14-10-12/h3,5-10H,4H2,1-2H3,(H,15,16)/b8-7+,11-3-. The molecule has 1 heterocycles. The number of hydrogen-bond acceptors (Lipinski definition) is 2. The van der Waals surface area contributed by atoms with Gasteiger partial charge in [-0.3, -0.25) is 9.78 Å². The first-order chi connectivity index (χ1) is 7.76. The normalized spacial score (nSPS) is 11.8. The van der Waals surface area contributed by atoms with Crippen LogP contribution in [0.15, 0.2) is 48.3 Å². The van der Waals surface area contributed by atoms with Crippen LogP contribution in [-0.4, -0.2) is 10.9 Å². The van der Waals surface area contributed by atoms with Crippen molar-refractivity contribution in [1.82, 2.24) is 4.98 Å². The lowest BCUT2D eigenvalue weighted by atomic mass is 10.2. The Morgan fingerprint density at radius 2 is 2.31 bits per heavy atom. The van der Waals surface area contributed by atoms with E-state index in [9.17, 15) is 4.79 Å². The Labute approximate surface area is 95.9 Å². The molecule has 0 radical (unpaired) electrons. The van der Waals surface area contributed by atoms with Gasteiger partial charge in [-0.2, -0.15) is 0 Å². The number of nitrogens with one attached hydrogen (secondary N) is 1. The molecule has 1 amide bonds. The van der Waals surface area contributed by atoms with E-state index in [0.29, 0.717) is 5.69 Å². The fourth-order valence-electron chi connectivity index (χ4n) is 1.22. The number of carbonyl (C=O) groups is 1. The van der Waals surface area contributed by atoms with Gasteiger partial charge in [-0.1, -0.05) is 24.6 Å². The number of rotatable bonds is 4. The zero-order valence-electron chi connectivity index (χ0n) is 9.60. The summed E-state index contributed by atoms with van der Waals surface area (Å²) in [6.07, 6.45) is 9.56. The molecule has 0 aliphatic heterocycles. The summed E-state index contributed by atoms with van der Waals surface area (Å²) < 4.78 is 0. The van der Waals surface area contributed by atoms with Crippen molar-refractivity contribution in [3.8, 4) is 0 Å². The third-order valence-corrected chi connectivity index (χ3v) is 2.16. The van der Waals surface area contributed by atoms with Gasteiger partial charge in [0.25, 0.3) is 0 Å². The minimum Gasteiger partial charge on any atom is -0.321 e. The highest BCUT2D eigenvalue weighted by Crippen LogP contribution is 2.04. The molecule has 1 aromatic rings. The fourth-order valence-corrected chi connectivity index (χ4v) is 1.22. The smallest absolute Gasteiger partial charge is 0.248 e. The van der Waals surface area contributed by atoms with Crippen LogP contribution in [-0.2, 0) is 4.79 Å².